The van der Waals surface area contributed by atoms with Crippen molar-refractivity contribution in [3.8, 4) is 0 Å². The minimum atomic E-state index is -0.432. The summed E-state index contributed by atoms with van der Waals surface area (Å²) in [4.78, 5) is 21.8. The predicted molar refractivity (Wildman–Crippen MR) is 64.3 cm³/mol. The Morgan fingerprint density at radius 3 is 2.89 bits per heavy atom. The van der Waals surface area contributed by atoms with Crippen molar-refractivity contribution >= 4 is 17.4 Å². The zero-order chi connectivity index (χ0) is 13.3. The third-order valence-electron chi connectivity index (χ3n) is 2.93. The van der Waals surface area contributed by atoms with E-state index >= 15 is 0 Å². The molecule has 98 valence electrons. The van der Waals surface area contributed by atoms with Gasteiger partial charge in [-0.15, -0.1) is 0 Å². The number of hydrogen-bond acceptors (Lipinski definition) is 5. The minimum absolute atomic E-state index is 0.000603. The van der Waals surface area contributed by atoms with E-state index in [0.29, 0.717) is 30.9 Å². The highest BCUT2D eigenvalue weighted by molar-refractivity contribution is 5.80. The molecule has 1 aliphatic rings. The third-order valence-corrected chi connectivity index (χ3v) is 2.93. The molecule has 8 heteroatoms. The Hall–Kier alpha value is -2.12. The molecule has 18 heavy (non-hydrogen) atoms. The molecule has 0 aromatic carbocycles. The van der Waals surface area contributed by atoms with Crippen LogP contribution in [0.3, 0.4) is 0 Å². The minimum Gasteiger partial charge on any atom is -0.360 e. The Bertz CT molecular complexity index is 496. The van der Waals surface area contributed by atoms with Crippen molar-refractivity contribution < 1.29 is 9.72 Å². The summed E-state index contributed by atoms with van der Waals surface area (Å²) < 4.78 is 1.46. The molecule has 1 aromatic rings. The van der Waals surface area contributed by atoms with Crippen molar-refractivity contribution in [3.63, 3.8) is 0 Å². The van der Waals surface area contributed by atoms with Gasteiger partial charge in [-0.3, -0.25) is 14.9 Å². The van der Waals surface area contributed by atoms with E-state index in [4.69, 9.17) is 0 Å². The monoisotopic (exact) mass is 253 g/mol. The topological polar surface area (TPSA) is 102 Å². The largest absolute Gasteiger partial charge is 0.360 e. The number of carbonyl (C=O) groups excluding carboxylic acids is 1. The SMILES string of the molecule is CCc1nn(C)c(NC2CNC(=O)C2)c1[N+](=O)[O-]. The molecule has 2 rings (SSSR count). The van der Waals surface area contributed by atoms with Gasteiger partial charge in [0.15, 0.2) is 0 Å². The van der Waals surface area contributed by atoms with Gasteiger partial charge in [0.05, 0.1) is 11.0 Å². The van der Waals surface area contributed by atoms with E-state index in [1.54, 1.807) is 7.05 Å². The number of anilines is 1. The summed E-state index contributed by atoms with van der Waals surface area (Å²) in [5, 5.41) is 20.9. The fourth-order valence-electron chi connectivity index (χ4n) is 2.06. The van der Waals surface area contributed by atoms with Crippen molar-refractivity contribution in [3.05, 3.63) is 15.8 Å². The van der Waals surface area contributed by atoms with Crippen LogP contribution < -0.4 is 10.6 Å². The van der Waals surface area contributed by atoms with Crippen LogP contribution in [0.5, 0.6) is 0 Å². The van der Waals surface area contributed by atoms with E-state index in [1.807, 2.05) is 6.92 Å². The predicted octanol–water partition coefficient (Wildman–Crippen LogP) is 0.191. The first-order valence-electron chi connectivity index (χ1n) is 5.76. The molecular formula is C10H15N5O3. The highest BCUT2D eigenvalue weighted by Crippen LogP contribution is 2.29. The number of hydrogen-bond donors (Lipinski definition) is 2. The third kappa shape index (κ3) is 2.13. The van der Waals surface area contributed by atoms with Crippen LogP contribution in [0.2, 0.25) is 0 Å². The van der Waals surface area contributed by atoms with Gasteiger partial charge in [0.1, 0.15) is 5.69 Å². The zero-order valence-corrected chi connectivity index (χ0v) is 10.3. The van der Waals surface area contributed by atoms with E-state index in [-0.39, 0.29) is 17.6 Å². The Balaban J connectivity index is 2.28. The lowest BCUT2D eigenvalue weighted by Gasteiger charge is -2.10. The lowest BCUT2D eigenvalue weighted by atomic mass is 10.2. The lowest BCUT2D eigenvalue weighted by molar-refractivity contribution is -0.384. The number of rotatable bonds is 4. The van der Waals surface area contributed by atoms with Crippen LogP contribution >= 0.6 is 0 Å². The molecule has 1 atom stereocenters. The van der Waals surface area contributed by atoms with Crippen LogP contribution in [0.25, 0.3) is 0 Å². The zero-order valence-electron chi connectivity index (χ0n) is 10.3. The van der Waals surface area contributed by atoms with E-state index in [2.05, 4.69) is 15.7 Å². The highest BCUT2D eigenvalue weighted by Gasteiger charge is 2.29. The van der Waals surface area contributed by atoms with E-state index in [1.165, 1.54) is 4.68 Å². The van der Waals surface area contributed by atoms with Crippen LogP contribution in [0, 0.1) is 10.1 Å². The Kier molecular flexibility index (Phi) is 3.17. The van der Waals surface area contributed by atoms with Crippen molar-refractivity contribution in [2.45, 2.75) is 25.8 Å². The number of nitrogens with one attached hydrogen (secondary N) is 2. The van der Waals surface area contributed by atoms with Gasteiger partial charge in [0.25, 0.3) is 0 Å². The first-order valence-corrected chi connectivity index (χ1v) is 5.76. The number of carbonyl (C=O) groups is 1. The maximum atomic E-state index is 11.1. The maximum Gasteiger partial charge on any atom is 0.333 e. The Labute approximate surface area is 104 Å². The van der Waals surface area contributed by atoms with Crippen molar-refractivity contribution in [2.75, 3.05) is 11.9 Å². The molecule has 1 aliphatic heterocycles. The molecule has 8 nitrogen and oxygen atoms in total. The van der Waals surface area contributed by atoms with Crippen LogP contribution in [-0.2, 0) is 18.3 Å². The van der Waals surface area contributed by atoms with Crippen LogP contribution in [-0.4, -0.2) is 33.2 Å². The molecule has 0 radical (unpaired) electrons. The molecule has 1 unspecified atom stereocenters. The van der Waals surface area contributed by atoms with Gasteiger partial charge in [-0.25, -0.2) is 4.68 Å². The van der Waals surface area contributed by atoms with E-state index in [0.717, 1.165) is 0 Å². The van der Waals surface area contributed by atoms with Crippen molar-refractivity contribution in [1.82, 2.24) is 15.1 Å². The normalized spacial score (nSPS) is 18.8. The maximum absolute atomic E-state index is 11.1. The second-order valence-corrected chi connectivity index (χ2v) is 4.23. The summed E-state index contributed by atoms with van der Waals surface area (Å²) in [6, 6.07) is -0.128. The van der Waals surface area contributed by atoms with Crippen molar-refractivity contribution in [2.24, 2.45) is 7.05 Å². The smallest absolute Gasteiger partial charge is 0.333 e. The second kappa shape index (κ2) is 4.63. The molecule has 1 saturated heterocycles. The van der Waals surface area contributed by atoms with Gasteiger partial charge in [-0.05, 0) is 6.42 Å². The fraction of sp³-hybridized carbons (Fsp3) is 0.600. The number of aromatic nitrogens is 2. The number of nitrogens with zero attached hydrogens (tertiary/aromatic N) is 3. The molecule has 0 saturated carbocycles. The standard InChI is InChI=1S/C10H15N5O3/c1-3-7-9(15(17)18)10(14(2)13-7)12-6-4-8(16)11-5-6/h6,12H,3-5H2,1-2H3,(H,11,16). The first kappa shape index (κ1) is 12.3. The van der Waals surface area contributed by atoms with Gasteiger partial charge < -0.3 is 10.6 Å². The lowest BCUT2D eigenvalue weighted by Crippen LogP contribution is -2.24. The molecule has 2 N–H and O–H groups in total. The van der Waals surface area contributed by atoms with Gasteiger partial charge in [0, 0.05) is 20.0 Å². The average molecular weight is 253 g/mol. The average Bonchev–Trinajstić information content (AvgIpc) is 2.84. The molecule has 2 heterocycles. The Morgan fingerprint density at radius 1 is 1.67 bits per heavy atom. The number of amides is 1. The van der Waals surface area contributed by atoms with Crippen LogP contribution in [0.1, 0.15) is 19.0 Å². The number of aryl methyl sites for hydroxylation is 2. The summed E-state index contributed by atoms with van der Waals surface area (Å²) >= 11 is 0. The Morgan fingerprint density at radius 2 is 2.39 bits per heavy atom. The molecule has 1 amide bonds. The molecule has 0 aliphatic carbocycles. The van der Waals surface area contributed by atoms with Crippen molar-refractivity contribution in [1.29, 1.82) is 0 Å². The van der Waals surface area contributed by atoms with E-state index in [9.17, 15) is 14.9 Å². The summed E-state index contributed by atoms with van der Waals surface area (Å²) in [7, 11) is 1.65. The summed E-state index contributed by atoms with van der Waals surface area (Å²) in [6.45, 7) is 2.29. The van der Waals surface area contributed by atoms with Crippen LogP contribution in [0.4, 0.5) is 11.5 Å². The second-order valence-electron chi connectivity index (χ2n) is 4.23. The van der Waals surface area contributed by atoms with Crippen LogP contribution in [0.15, 0.2) is 0 Å². The fourth-order valence-corrected chi connectivity index (χ4v) is 2.06. The molecule has 1 fully saturated rings. The summed E-state index contributed by atoms with van der Waals surface area (Å²) in [5.74, 6) is 0.311. The molecule has 0 bridgehead atoms. The highest BCUT2D eigenvalue weighted by atomic mass is 16.6. The van der Waals surface area contributed by atoms with Gasteiger partial charge >= 0.3 is 5.69 Å². The molecule has 1 aromatic heterocycles. The number of nitro groups is 1. The molecule has 0 spiro atoms. The quantitative estimate of drug-likeness (QED) is 0.589. The summed E-state index contributed by atoms with van der Waals surface area (Å²) in [5.41, 5.74) is 0.446. The van der Waals surface area contributed by atoms with Gasteiger partial charge in [0.2, 0.25) is 11.7 Å². The first-order chi connectivity index (χ1) is 8.52. The van der Waals surface area contributed by atoms with Gasteiger partial charge in [-0.2, -0.15) is 5.10 Å². The van der Waals surface area contributed by atoms with E-state index < -0.39 is 4.92 Å². The molecular weight excluding hydrogens is 238 g/mol. The summed E-state index contributed by atoms with van der Waals surface area (Å²) in [6.07, 6.45) is 0.817. The van der Waals surface area contributed by atoms with Gasteiger partial charge in [-0.1, -0.05) is 6.92 Å².